The van der Waals surface area contributed by atoms with Crippen LogP contribution in [-0.2, 0) is 11.3 Å². The van der Waals surface area contributed by atoms with Gasteiger partial charge in [0, 0.05) is 25.0 Å². The van der Waals surface area contributed by atoms with Crippen LogP contribution in [0, 0.1) is 0 Å². The van der Waals surface area contributed by atoms with E-state index in [1.54, 1.807) is 17.0 Å². The number of imidazole rings is 1. The number of rotatable bonds is 5. The lowest BCUT2D eigenvalue weighted by Gasteiger charge is -2.32. The topological polar surface area (TPSA) is 80.4 Å². The average molecular weight is 392 g/mol. The largest absolute Gasteiger partial charge is 0.459 e. The van der Waals surface area contributed by atoms with Crippen molar-refractivity contribution < 1.29 is 14.0 Å². The molecule has 2 fully saturated rings. The van der Waals surface area contributed by atoms with Gasteiger partial charge in [0.1, 0.15) is 12.4 Å². The molecule has 1 saturated heterocycles. The van der Waals surface area contributed by atoms with Crippen molar-refractivity contribution in [3.8, 4) is 0 Å². The quantitative estimate of drug-likeness (QED) is 0.724. The third-order valence-electron chi connectivity index (χ3n) is 5.73. The van der Waals surface area contributed by atoms with Crippen LogP contribution < -0.4 is 5.32 Å². The second-order valence-corrected chi connectivity index (χ2v) is 7.95. The van der Waals surface area contributed by atoms with Crippen molar-refractivity contribution in [1.82, 2.24) is 19.8 Å². The zero-order valence-corrected chi connectivity index (χ0v) is 16.2. The standard InChI is InChI=1S/C22H24N4O3/c27-20(14-26-18-7-2-1-6-17(18)24-21(26)15-9-10-15)23-16-5-3-11-25(13-16)22(28)19-8-4-12-29-19/h1-2,4,6-8,12,15-16H,3,5,9-11,13-14H2,(H,23,27). The molecule has 2 amide bonds. The minimum Gasteiger partial charge on any atom is -0.459 e. The predicted molar refractivity (Wildman–Crippen MR) is 107 cm³/mol. The van der Waals surface area contributed by atoms with Gasteiger partial charge in [-0.15, -0.1) is 0 Å². The lowest BCUT2D eigenvalue weighted by molar-refractivity contribution is -0.122. The van der Waals surface area contributed by atoms with E-state index in [1.165, 1.54) is 6.26 Å². The highest BCUT2D eigenvalue weighted by Crippen LogP contribution is 2.40. The van der Waals surface area contributed by atoms with Crippen LogP contribution in [0.25, 0.3) is 11.0 Å². The van der Waals surface area contributed by atoms with E-state index in [9.17, 15) is 9.59 Å². The molecule has 7 nitrogen and oxygen atoms in total. The van der Waals surface area contributed by atoms with E-state index < -0.39 is 0 Å². The molecule has 1 N–H and O–H groups in total. The summed E-state index contributed by atoms with van der Waals surface area (Å²) < 4.78 is 7.28. The molecule has 0 bridgehead atoms. The van der Waals surface area contributed by atoms with Gasteiger partial charge in [-0.2, -0.15) is 0 Å². The van der Waals surface area contributed by atoms with E-state index in [4.69, 9.17) is 9.40 Å². The molecule has 0 spiro atoms. The summed E-state index contributed by atoms with van der Waals surface area (Å²) in [5.74, 6) is 1.67. The third-order valence-corrected chi connectivity index (χ3v) is 5.73. The van der Waals surface area contributed by atoms with E-state index in [1.807, 2.05) is 24.3 Å². The fourth-order valence-corrected chi connectivity index (χ4v) is 4.17. The second kappa shape index (κ2) is 7.39. The van der Waals surface area contributed by atoms with Crippen LogP contribution in [0.15, 0.2) is 47.1 Å². The Kier molecular flexibility index (Phi) is 4.58. The molecule has 2 aromatic heterocycles. The van der Waals surface area contributed by atoms with Crippen molar-refractivity contribution in [3.05, 3.63) is 54.2 Å². The SMILES string of the molecule is O=C(Cn1c(C2CC2)nc2ccccc21)NC1CCCN(C(=O)c2ccco2)C1. The Labute approximate surface area is 168 Å². The Balaban J connectivity index is 1.27. The highest BCUT2D eigenvalue weighted by Gasteiger charge is 2.31. The molecule has 2 aliphatic rings. The molecule has 5 rings (SSSR count). The van der Waals surface area contributed by atoms with Crippen LogP contribution in [0.3, 0.4) is 0 Å². The number of benzene rings is 1. The number of carbonyl (C=O) groups excluding carboxylic acids is 2. The van der Waals surface area contributed by atoms with E-state index in [0.29, 0.717) is 24.8 Å². The number of aromatic nitrogens is 2. The lowest BCUT2D eigenvalue weighted by Crippen LogP contribution is -2.50. The van der Waals surface area contributed by atoms with Crippen LogP contribution in [-0.4, -0.2) is 45.4 Å². The van der Waals surface area contributed by atoms with Crippen LogP contribution in [0.1, 0.15) is 48.0 Å². The van der Waals surface area contributed by atoms with E-state index in [2.05, 4.69) is 9.88 Å². The molecule has 1 aromatic carbocycles. The van der Waals surface area contributed by atoms with Crippen molar-refractivity contribution in [1.29, 1.82) is 0 Å². The zero-order valence-electron chi connectivity index (χ0n) is 16.2. The Morgan fingerprint density at radius 3 is 2.79 bits per heavy atom. The van der Waals surface area contributed by atoms with Crippen LogP contribution in [0.5, 0.6) is 0 Å². The molecule has 1 saturated carbocycles. The third kappa shape index (κ3) is 3.64. The second-order valence-electron chi connectivity index (χ2n) is 7.95. The van der Waals surface area contributed by atoms with Crippen LogP contribution in [0.4, 0.5) is 0 Å². The maximum atomic E-state index is 12.8. The van der Waals surface area contributed by atoms with Crippen molar-refractivity contribution >= 4 is 22.8 Å². The number of furan rings is 1. The summed E-state index contributed by atoms with van der Waals surface area (Å²) in [6.45, 7) is 1.45. The van der Waals surface area contributed by atoms with Crippen molar-refractivity contribution in [2.75, 3.05) is 13.1 Å². The van der Waals surface area contributed by atoms with Gasteiger partial charge in [0.2, 0.25) is 5.91 Å². The molecule has 1 aliphatic carbocycles. The number of likely N-dealkylation sites (tertiary alicyclic amines) is 1. The van der Waals surface area contributed by atoms with Gasteiger partial charge in [-0.3, -0.25) is 9.59 Å². The zero-order chi connectivity index (χ0) is 19.8. The smallest absolute Gasteiger partial charge is 0.289 e. The first-order valence-electron chi connectivity index (χ1n) is 10.3. The lowest BCUT2D eigenvalue weighted by atomic mass is 10.1. The molecule has 1 aliphatic heterocycles. The molecule has 7 heteroatoms. The van der Waals surface area contributed by atoms with Gasteiger partial charge in [-0.05, 0) is 49.9 Å². The summed E-state index contributed by atoms with van der Waals surface area (Å²) in [6, 6.07) is 11.3. The number of piperidine rings is 1. The molecule has 1 atom stereocenters. The molecule has 150 valence electrons. The van der Waals surface area contributed by atoms with Gasteiger partial charge in [-0.25, -0.2) is 4.98 Å². The molecule has 0 radical (unpaired) electrons. The fourth-order valence-electron chi connectivity index (χ4n) is 4.17. The minimum atomic E-state index is -0.120. The van der Waals surface area contributed by atoms with Crippen LogP contribution >= 0.6 is 0 Å². The highest BCUT2D eigenvalue weighted by atomic mass is 16.3. The predicted octanol–water partition coefficient (Wildman–Crippen LogP) is 2.93. The summed E-state index contributed by atoms with van der Waals surface area (Å²) >= 11 is 0. The normalized spacial score (nSPS) is 19.4. The van der Waals surface area contributed by atoms with Gasteiger partial charge in [-0.1, -0.05) is 12.1 Å². The molecule has 3 heterocycles. The Bertz CT molecular complexity index is 1040. The van der Waals surface area contributed by atoms with Gasteiger partial charge in [0.25, 0.3) is 5.91 Å². The van der Waals surface area contributed by atoms with Crippen molar-refractivity contribution in [2.45, 2.75) is 44.2 Å². The van der Waals surface area contributed by atoms with E-state index in [0.717, 1.165) is 42.5 Å². The Morgan fingerprint density at radius 2 is 2.00 bits per heavy atom. The number of hydrogen-bond acceptors (Lipinski definition) is 4. The molecule has 1 unspecified atom stereocenters. The fraction of sp³-hybridized carbons (Fsp3) is 0.409. The van der Waals surface area contributed by atoms with Crippen molar-refractivity contribution in [3.63, 3.8) is 0 Å². The number of hydrogen-bond donors (Lipinski definition) is 1. The first-order chi connectivity index (χ1) is 14.2. The molecule has 3 aromatic rings. The minimum absolute atomic E-state index is 0.0349. The first kappa shape index (κ1) is 18.0. The number of nitrogens with zero attached hydrogens (tertiary/aromatic N) is 3. The summed E-state index contributed by atoms with van der Waals surface area (Å²) in [7, 11) is 0. The number of fused-ring (bicyclic) bond motifs is 1. The summed E-state index contributed by atoms with van der Waals surface area (Å²) in [6.07, 6.45) is 5.50. The van der Waals surface area contributed by atoms with Gasteiger partial charge >= 0.3 is 0 Å². The number of amides is 2. The van der Waals surface area contributed by atoms with Gasteiger partial charge in [0.15, 0.2) is 5.76 Å². The average Bonchev–Trinajstić information content (AvgIpc) is 3.30. The summed E-state index contributed by atoms with van der Waals surface area (Å²) in [5.41, 5.74) is 1.94. The highest BCUT2D eigenvalue weighted by molar-refractivity contribution is 5.91. The van der Waals surface area contributed by atoms with E-state index in [-0.39, 0.29) is 24.4 Å². The van der Waals surface area contributed by atoms with Crippen molar-refractivity contribution in [2.24, 2.45) is 0 Å². The first-order valence-corrected chi connectivity index (χ1v) is 10.3. The number of carbonyl (C=O) groups is 2. The van der Waals surface area contributed by atoms with Gasteiger partial charge in [0.05, 0.1) is 17.3 Å². The maximum absolute atomic E-state index is 12.8. The van der Waals surface area contributed by atoms with Gasteiger partial charge < -0.3 is 19.2 Å². The molecular formula is C22H24N4O3. The number of para-hydroxylation sites is 2. The number of nitrogens with one attached hydrogen (secondary N) is 1. The summed E-state index contributed by atoms with van der Waals surface area (Å²) in [5, 5.41) is 3.13. The Hall–Kier alpha value is -3.09. The monoisotopic (exact) mass is 392 g/mol. The maximum Gasteiger partial charge on any atom is 0.289 e. The Morgan fingerprint density at radius 1 is 1.14 bits per heavy atom. The van der Waals surface area contributed by atoms with E-state index >= 15 is 0 Å². The molecular weight excluding hydrogens is 368 g/mol. The summed E-state index contributed by atoms with van der Waals surface area (Å²) in [4.78, 5) is 31.9. The molecule has 29 heavy (non-hydrogen) atoms. The van der Waals surface area contributed by atoms with Crippen LogP contribution in [0.2, 0.25) is 0 Å².